The van der Waals surface area contributed by atoms with Crippen LogP contribution in [0.3, 0.4) is 0 Å². The van der Waals surface area contributed by atoms with E-state index in [1.165, 1.54) is 0 Å². The monoisotopic (exact) mass is 404 g/mol. The van der Waals surface area contributed by atoms with Crippen LogP contribution in [0.15, 0.2) is 0 Å². The van der Waals surface area contributed by atoms with Gasteiger partial charge in [0.1, 0.15) is 0 Å². The molecular weight excluding hydrogens is 389 g/mol. The standard InChI is InChI=1S/3C3H6ClO.ClH.Zr/c3*4-2-1-3-5;;/h3*1-3H2;1H;/q3*-1;;+4/p-1. The van der Waals surface area contributed by atoms with Gasteiger partial charge in [0.15, 0.2) is 0 Å². The van der Waals surface area contributed by atoms with Gasteiger partial charge in [0.05, 0.1) is 0 Å². The first kappa shape index (κ1) is 18.9. The summed E-state index contributed by atoms with van der Waals surface area (Å²) in [5.41, 5.74) is 0. The Kier molecular flexibility index (Phi) is 14.4. The molecule has 0 aliphatic heterocycles. The zero-order chi connectivity index (χ0) is 13.0. The number of hydrogen-bond donors (Lipinski definition) is 0. The van der Waals surface area contributed by atoms with Crippen molar-refractivity contribution in [2.45, 2.75) is 19.3 Å². The van der Waals surface area contributed by atoms with Crippen molar-refractivity contribution in [1.29, 1.82) is 0 Å². The molecule has 17 heavy (non-hydrogen) atoms. The Labute approximate surface area is 128 Å². The molecule has 0 atom stereocenters. The Morgan fingerprint density at radius 1 is 0.647 bits per heavy atom. The zero-order valence-corrected chi connectivity index (χ0v) is 15.1. The molecule has 8 heteroatoms. The van der Waals surface area contributed by atoms with Gasteiger partial charge >= 0.3 is 129 Å². The van der Waals surface area contributed by atoms with E-state index in [4.69, 9.17) is 51.8 Å². The molecule has 0 N–H and O–H groups in total. The molecule has 3 nitrogen and oxygen atoms in total. The molecule has 0 unspecified atom stereocenters. The summed E-state index contributed by atoms with van der Waals surface area (Å²) in [5.74, 6) is 1.59. The van der Waals surface area contributed by atoms with Crippen LogP contribution >= 0.6 is 43.3 Å². The van der Waals surface area contributed by atoms with Gasteiger partial charge in [-0.25, -0.2) is 0 Å². The van der Waals surface area contributed by atoms with E-state index in [2.05, 4.69) is 0 Å². The van der Waals surface area contributed by atoms with Crippen molar-refractivity contribution in [2.24, 2.45) is 0 Å². The molecule has 0 amide bonds. The quantitative estimate of drug-likeness (QED) is 0.362. The molecule has 0 spiro atoms. The van der Waals surface area contributed by atoms with Crippen molar-refractivity contribution in [3.05, 3.63) is 0 Å². The van der Waals surface area contributed by atoms with Crippen LogP contribution in [0.25, 0.3) is 0 Å². The molecule has 0 heterocycles. The fraction of sp³-hybridized carbons (Fsp3) is 1.00. The second kappa shape index (κ2) is 12.9. The molecule has 0 radical (unpaired) electrons. The Morgan fingerprint density at radius 3 is 1.18 bits per heavy atom. The van der Waals surface area contributed by atoms with Crippen molar-refractivity contribution >= 4 is 43.3 Å². The molecule has 0 aromatic rings. The molecule has 0 aliphatic rings. The van der Waals surface area contributed by atoms with Gasteiger partial charge in [-0.1, -0.05) is 0 Å². The van der Waals surface area contributed by atoms with E-state index in [1.807, 2.05) is 0 Å². The second-order valence-corrected chi connectivity index (χ2v) is 11.5. The van der Waals surface area contributed by atoms with E-state index in [9.17, 15) is 0 Å². The number of hydrogen-bond acceptors (Lipinski definition) is 3. The Morgan fingerprint density at radius 2 is 0.941 bits per heavy atom. The maximum absolute atomic E-state index is 6.26. The van der Waals surface area contributed by atoms with Crippen LogP contribution in [0, 0.1) is 0 Å². The Hall–Kier alpha value is 1.92. The topological polar surface area (TPSA) is 27.7 Å². The zero-order valence-electron chi connectivity index (χ0n) is 9.60. The number of alkyl halides is 3. The van der Waals surface area contributed by atoms with Crippen LogP contribution in [0.5, 0.6) is 0 Å². The van der Waals surface area contributed by atoms with E-state index in [1.54, 1.807) is 0 Å². The number of rotatable bonds is 12. The van der Waals surface area contributed by atoms with E-state index < -0.39 is 20.4 Å². The van der Waals surface area contributed by atoms with Crippen LogP contribution in [0.4, 0.5) is 0 Å². The Bertz CT molecular complexity index is 150. The summed E-state index contributed by atoms with van der Waals surface area (Å²) in [7, 11) is 6.26. The van der Waals surface area contributed by atoms with Gasteiger partial charge in [0, 0.05) is 0 Å². The van der Waals surface area contributed by atoms with Crippen molar-refractivity contribution in [1.82, 2.24) is 0 Å². The van der Waals surface area contributed by atoms with Crippen LogP contribution in [-0.2, 0) is 28.8 Å². The van der Waals surface area contributed by atoms with E-state index in [0.29, 0.717) is 37.5 Å². The Balaban J connectivity index is 3.95. The summed E-state index contributed by atoms with van der Waals surface area (Å²) in [6, 6.07) is 0. The first-order chi connectivity index (χ1) is 8.18. The maximum atomic E-state index is 6.26. The van der Waals surface area contributed by atoms with Crippen molar-refractivity contribution in [2.75, 3.05) is 37.5 Å². The first-order valence-electron chi connectivity index (χ1n) is 5.47. The molecule has 0 aliphatic carbocycles. The summed E-state index contributed by atoms with van der Waals surface area (Å²) in [4.78, 5) is 0. The fourth-order valence-corrected chi connectivity index (χ4v) is 6.04. The van der Waals surface area contributed by atoms with E-state index >= 15 is 0 Å². The molecule has 0 saturated carbocycles. The predicted molar refractivity (Wildman–Crippen MR) is 69.7 cm³/mol. The van der Waals surface area contributed by atoms with Gasteiger partial charge in [0.25, 0.3) is 0 Å². The van der Waals surface area contributed by atoms with Crippen LogP contribution in [-0.4, -0.2) is 37.5 Å². The van der Waals surface area contributed by atoms with Crippen LogP contribution in [0.1, 0.15) is 19.3 Å². The van der Waals surface area contributed by atoms with Crippen molar-refractivity contribution in [3.8, 4) is 0 Å². The molecule has 0 rings (SSSR count). The van der Waals surface area contributed by atoms with Gasteiger partial charge < -0.3 is 0 Å². The minimum atomic E-state index is -3.84. The predicted octanol–water partition coefficient (Wildman–Crippen LogP) is 3.98. The normalized spacial score (nSPS) is 12.0. The summed E-state index contributed by atoms with van der Waals surface area (Å²) >= 11 is 12.9. The average molecular weight is 407 g/mol. The van der Waals surface area contributed by atoms with Crippen LogP contribution in [0.2, 0.25) is 0 Å². The molecule has 0 fully saturated rings. The molecule has 104 valence electrons. The van der Waals surface area contributed by atoms with E-state index in [0.717, 1.165) is 19.3 Å². The molecule has 0 bridgehead atoms. The van der Waals surface area contributed by atoms with Crippen molar-refractivity contribution < 1.29 is 28.8 Å². The van der Waals surface area contributed by atoms with E-state index in [-0.39, 0.29) is 0 Å². The second-order valence-electron chi connectivity index (χ2n) is 3.15. The van der Waals surface area contributed by atoms with Gasteiger partial charge in [0.2, 0.25) is 0 Å². The fourth-order valence-electron chi connectivity index (χ4n) is 0.871. The van der Waals surface area contributed by atoms with Gasteiger partial charge in [-0.05, 0) is 0 Å². The molecule has 0 saturated heterocycles. The SMILES string of the molecule is ClCCC[O][Zr]([Cl])([O]CCCCl)[O]CCCCl. The summed E-state index contributed by atoms with van der Waals surface area (Å²) in [5, 5.41) is 0. The van der Waals surface area contributed by atoms with Crippen LogP contribution < -0.4 is 0 Å². The van der Waals surface area contributed by atoms with Gasteiger partial charge in [-0.3, -0.25) is 0 Å². The third-order valence-electron chi connectivity index (χ3n) is 1.66. The molecular formula is C9H18Cl4O3Zr. The summed E-state index contributed by atoms with van der Waals surface area (Å²) in [6.45, 7) is 1.39. The summed E-state index contributed by atoms with van der Waals surface area (Å²) < 4.78 is 16.6. The average Bonchev–Trinajstić information content (AvgIpc) is 2.30. The first-order valence-corrected chi connectivity index (χ1v) is 13.2. The third-order valence-corrected chi connectivity index (χ3v) is 8.44. The molecule has 0 aromatic carbocycles. The van der Waals surface area contributed by atoms with Crippen molar-refractivity contribution in [3.63, 3.8) is 0 Å². The third kappa shape index (κ3) is 11.4. The van der Waals surface area contributed by atoms with Gasteiger partial charge in [-0.2, -0.15) is 0 Å². The molecule has 0 aromatic heterocycles. The summed E-state index contributed by atoms with van der Waals surface area (Å²) in [6.07, 6.45) is 2.18. The minimum absolute atomic E-state index is 0.463. The number of halogens is 4. The van der Waals surface area contributed by atoms with Gasteiger partial charge in [-0.15, -0.1) is 0 Å².